The molecule has 0 fully saturated rings. The van der Waals surface area contributed by atoms with Gasteiger partial charge >= 0.3 is 0 Å². The van der Waals surface area contributed by atoms with E-state index in [4.69, 9.17) is 0 Å². The molecule has 0 aromatic rings. The van der Waals surface area contributed by atoms with Gasteiger partial charge in [-0.05, 0) is 0 Å². The van der Waals surface area contributed by atoms with Gasteiger partial charge in [-0.15, -0.1) is 0 Å². The zero-order chi connectivity index (χ0) is 0. The summed E-state index contributed by atoms with van der Waals surface area (Å²) in [4.78, 5) is 0. The van der Waals surface area contributed by atoms with E-state index in [1.54, 1.807) is 0 Å². The fraction of sp³-hybridized carbons (Fsp3) is 0. The van der Waals surface area contributed by atoms with E-state index in [-0.39, 0.29) is 72.9 Å². The van der Waals surface area contributed by atoms with Gasteiger partial charge in [0, 0.05) is 67.4 Å². The summed E-state index contributed by atoms with van der Waals surface area (Å²) in [5.74, 6) is 0. The summed E-state index contributed by atoms with van der Waals surface area (Å²) in [6.07, 6.45) is 0. The molecule has 1 nitrogen and oxygen atoms in total. The van der Waals surface area contributed by atoms with E-state index < -0.39 is 0 Å². The van der Waals surface area contributed by atoms with Crippen LogP contribution in [0.15, 0.2) is 0 Å². The van der Waals surface area contributed by atoms with Crippen molar-refractivity contribution in [3.63, 3.8) is 0 Å². The summed E-state index contributed by atoms with van der Waals surface area (Å²) < 4.78 is 0. The van der Waals surface area contributed by atoms with Crippen LogP contribution in [-0.2, 0) is 67.4 Å². The van der Waals surface area contributed by atoms with E-state index in [1.165, 1.54) is 0 Å². The summed E-state index contributed by atoms with van der Waals surface area (Å²) in [5, 5.41) is 0. The Labute approximate surface area is 72.4 Å². The normalized spacial score (nSPS) is 0. The van der Waals surface area contributed by atoms with Crippen LogP contribution in [0.3, 0.4) is 0 Å². The molecule has 0 aromatic carbocycles. The van der Waals surface area contributed by atoms with E-state index in [2.05, 4.69) is 0 Å². The van der Waals surface area contributed by atoms with Crippen LogP contribution in [0.5, 0.6) is 0 Å². The van der Waals surface area contributed by atoms with E-state index in [9.17, 15) is 0 Å². The molecular formula is H2CoMn2NiO. The molecule has 0 aliphatic heterocycles. The topological polar surface area (TPSA) is 31.5 Å². The smallest absolute Gasteiger partial charge is 0 e. The van der Waals surface area contributed by atoms with Crippen molar-refractivity contribution in [2.75, 3.05) is 0 Å². The van der Waals surface area contributed by atoms with Crippen molar-refractivity contribution in [1.82, 2.24) is 0 Å². The van der Waals surface area contributed by atoms with Crippen LogP contribution in [0.25, 0.3) is 0 Å². The Bertz CT molecular complexity index is 9.61. The van der Waals surface area contributed by atoms with Gasteiger partial charge in [-0.1, -0.05) is 0 Å². The SMILES string of the molecule is O.[Co].[Mn].[Mn].[Ni]. The maximum Gasteiger partial charge on any atom is 0 e. The largest absolute Gasteiger partial charge is 0.412 e. The third-order valence-electron chi connectivity index (χ3n) is 0. The van der Waals surface area contributed by atoms with Gasteiger partial charge in [-0.3, -0.25) is 0 Å². The van der Waals surface area contributed by atoms with Crippen LogP contribution in [0.2, 0.25) is 0 Å². The zero-order valence-electron chi connectivity index (χ0n) is 1.91. The van der Waals surface area contributed by atoms with Crippen molar-refractivity contribution in [2.45, 2.75) is 0 Å². The van der Waals surface area contributed by atoms with Gasteiger partial charge in [-0.25, -0.2) is 0 Å². The predicted molar refractivity (Wildman–Crippen MR) is 3.61 cm³/mol. The minimum absolute atomic E-state index is 0. The molecule has 5 heteroatoms. The fourth-order valence-electron chi connectivity index (χ4n) is 0. The first-order valence-corrected chi connectivity index (χ1v) is 0. The molecule has 5 heavy (non-hydrogen) atoms. The van der Waals surface area contributed by atoms with Gasteiger partial charge in [0.25, 0.3) is 0 Å². The standard InChI is InChI=1S/Co.2Mn.Ni.H2O/h;;;;1H2. The Hall–Kier alpha value is 2.00. The van der Waals surface area contributed by atoms with Crippen LogP contribution < -0.4 is 0 Å². The molecule has 0 spiro atoms. The molecule has 0 aliphatic rings. The zero-order valence-corrected chi connectivity index (χ0v) is 6.29. The van der Waals surface area contributed by atoms with Crippen molar-refractivity contribution < 1.29 is 72.9 Å². The van der Waals surface area contributed by atoms with Gasteiger partial charge in [0.05, 0.1) is 0 Å². The minimum Gasteiger partial charge on any atom is -0.412 e. The fourth-order valence-corrected chi connectivity index (χ4v) is 0. The molecule has 3 radical (unpaired) electrons. The van der Waals surface area contributed by atoms with Gasteiger partial charge in [0.1, 0.15) is 0 Å². The van der Waals surface area contributed by atoms with Crippen LogP contribution in [0.4, 0.5) is 0 Å². The Morgan fingerprint density at radius 3 is 0.800 bits per heavy atom. The molecule has 0 saturated heterocycles. The minimum atomic E-state index is 0. The molecule has 0 heterocycles. The first-order valence-electron chi connectivity index (χ1n) is 0. The molecule has 0 atom stereocenters. The third-order valence-corrected chi connectivity index (χ3v) is 0. The van der Waals surface area contributed by atoms with E-state index in [0.717, 1.165) is 0 Å². The van der Waals surface area contributed by atoms with Crippen LogP contribution in [0, 0.1) is 0 Å². The van der Waals surface area contributed by atoms with Crippen molar-refractivity contribution in [2.24, 2.45) is 0 Å². The molecular weight excluding hydrogens is 244 g/mol. The van der Waals surface area contributed by atoms with Gasteiger partial charge in [0.15, 0.2) is 0 Å². The first-order chi connectivity index (χ1) is 0. The summed E-state index contributed by atoms with van der Waals surface area (Å²) >= 11 is 0. The summed E-state index contributed by atoms with van der Waals surface area (Å²) in [6.45, 7) is 0. The third kappa shape index (κ3) is 24.0. The second-order valence-electron chi connectivity index (χ2n) is 0. The monoisotopic (exact) mass is 245 g/mol. The Kier molecular flexibility index (Phi) is 473. The van der Waals surface area contributed by atoms with E-state index >= 15 is 0 Å². The molecule has 0 unspecified atom stereocenters. The first kappa shape index (κ1) is 63.0. The van der Waals surface area contributed by atoms with Crippen LogP contribution in [0.1, 0.15) is 0 Å². The quantitative estimate of drug-likeness (QED) is 0.499. The number of hydrogen-bond acceptors (Lipinski definition) is 0. The Morgan fingerprint density at radius 1 is 0.800 bits per heavy atom. The van der Waals surface area contributed by atoms with Crippen molar-refractivity contribution >= 4 is 0 Å². The summed E-state index contributed by atoms with van der Waals surface area (Å²) in [5.41, 5.74) is 0. The average molecular weight is 246 g/mol. The van der Waals surface area contributed by atoms with Crippen molar-refractivity contribution in [1.29, 1.82) is 0 Å². The van der Waals surface area contributed by atoms with Gasteiger partial charge in [0.2, 0.25) is 0 Å². The van der Waals surface area contributed by atoms with E-state index in [0.29, 0.717) is 0 Å². The molecule has 0 aliphatic carbocycles. The second kappa shape index (κ2) is 37.5. The van der Waals surface area contributed by atoms with Gasteiger partial charge < -0.3 is 5.48 Å². The van der Waals surface area contributed by atoms with Crippen LogP contribution >= 0.6 is 0 Å². The predicted octanol–water partition coefficient (Wildman–Crippen LogP) is -0.835. The molecule has 2 N–H and O–H groups in total. The molecule has 0 aromatic heterocycles. The Morgan fingerprint density at radius 2 is 0.800 bits per heavy atom. The van der Waals surface area contributed by atoms with Gasteiger partial charge in [-0.2, -0.15) is 0 Å². The molecule has 0 saturated carbocycles. The van der Waals surface area contributed by atoms with Crippen molar-refractivity contribution in [3.05, 3.63) is 0 Å². The molecule has 0 amide bonds. The van der Waals surface area contributed by atoms with E-state index in [1.807, 2.05) is 0 Å². The Balaban J connectivity index is 0. The summed E-state index contributed by atoms with van der Waals surface area (Å²) in [7, 11) is 0. The molecule has 0 rings (SSSR count). The van der Waals surface area contributed by atoms with Crippen molar-refractivity contribution in [3.8, 4) is 0 Å². The number of rotatable bonds is 0. The number of hydrogen-bond donors (Lipinski definition) is 0. The molecule has 0 bridgehead atoms. The maximum atomic E-state index is 0. The van der Waals surface area contributed by atoms with Crippen LogP contribution in [-0.4, -0.2) is 5.48 Å². The molecule has 41 valence electrons. The second-order valence-corrected chi connectivity index (χ2v) is 0. The maximum absolute atomic E-state index is 0. The summed E-state index contributed by atoms with van der Waals surface area (Å²) in [6, 6.07) is 0. The average Bonchev–Trinajstić information content (AvgIpc) is 0.